The summed E-state index contributed by atoms with van der Waals surface area (Å²) in [6.07, 6.45) is 1.36. The number of hydrogen-bond acceptors (Lipinski definition) is 1. The van der Waals surface area contributed by atoms with Crippen LogP contribution in [0.3, 0.4) is 0 Å². The maximum absolute atomic E-state index is 2.55. The molecule has 16 heavy (non-hydrogen) atoms. The van der Waals surface area contributed by atoms with Gasteiger partial charge in [-0.05, 0) is 23.3 Å². The van der Waals surface area contributed by atoms with Crippen LogP contribution in [0.15, 0.2) is 30.3 Å². The lowest BCUT2D eigenvalue weighted by atomic mass is 9.75. The summed E-state index contributed by atoms with van der Waals surface area (Å²) in [6.45, 7) is 10.7. The van der Waals surface area contributed by atoms with Gasteiger partial charge in [-0.2, -0.15) is 0 Å². The molecule has 0 atom stereocenters. The largest absolute Gasteiger partial charge is 0.298 e. The minimum atomic E-state index is 0.572. The Morgan fingerprint density at radius 2 is 1.81 bits per heavy atom. The molecule has 1 nitrogen and oxygen atoms in total. The fraction of sp³-hybridized carbons (Fsp3) is 0.600. The van der Waals surface area contributed by atoms with E-state index in [0.717, 1.165) is 12.5 Å². The van der Waals surface area contributed by atoms with Gasteiger partial charge in [0.2, 0.25) is 0 Å². The van der Waals surface area contributed by atoms with Crippen molar-refractivity contribution in [3.05, 3.63) is 35.9 Å². The van der Waals surface area contributed by atoms with Gasteiger partial charge in [0.15, 0.2) is 0 Å². The molecule has 2 rings (SSSR count). The fourth-order valence-corrected chi connectivity index (χ4v) is 3.10. The molecule has 1 heterocycles. The van der Waals surface area contributed by atoms with Gasteiger partial charge in [-0.15, -0.1) is 0 Å². The third-order valence-corrected chi connectivity index (χ3v) is 3.36. The molecule has 1 aromatic rings. The second-order valence-corrected chi connectivity index (χ2v) is 6.04. The first-order valence-corrected chi connectivity index (χ1v) is 6.34. The molecule has 1 fully saturated rings. The van der Waals surface area contributed by atoms with Gasteiger partial charge in [0.05, 0.1) is 0 Å². The van der Waals surface area contributed by atoms with Crippen molar-refractivity contribution in [2.75, 3.05) is 13.1 Å². The molecule has 0 aromatic heterocycles. The van der Waals surface area contributed by atoms with Crippen molar-refractivity contribution in [2.24, 2.45) is 11.3 Å². The lowest BCUT2D eigenvalue weighted by Gasteiger charge is -2.49. The molecule has 1 saturated heterocycles. The van der Waals surface area contributed by atoms with E-state index in [1.807, 2.05) is 0 Å². The second-order valence-electron chi connectivity index (χ2n) is 6.04. The molecule has 1 aliphatic rings. The average molecular weight is 217 g/mol. The Kier molecular flexibility index (Phi) is 3.34. The van der Waals surface area contributed by atoms with Crippen LogP contribution in [-0.4, -0.2) is 18.0 Å². The molecule has 1 aromatic carbocycles. The third-order valence-electron chi connectivity index (χ3n) is 3.36. The Bertz CT molecular complexity index is 323. The standard InChI is InChI=1S/C15H23N/c1-13(2)9-15(3)11-16(12-15)10-14-7-5-4-6-8-14/h4-8,13H,9-12H2,1-3H3. The minimum absolute atomic E-state index is 0.572. The van der Waals surface area contributed by atoms with Crippen LogP contribution in [0.5, 0.6) is 0 Å². The second kappa shape index (κ2) is 4.58. The lowest BCUT2D eigenvalue weighted by molar-refractivity contribution is -0.00636. The van der Waals surface area contributed by atoms with Crippen LogP contribution in [0.4, 0.5) is 0 Å². The van der Waals surface area contributed by atoms with Crippen molar-refractivity contribution in [3.63, 3.8) is 0 Å². The minimum Gasteiger partial charge on any atom is -0.298 e. The summed E-state index contributed by atoms with van der Waals surface area (Å²) in [4.78, 5) is 2.55. The highest BCUT2D eigenvalue weighted by molar-refractivity contribution is 5.15. The van der Waals surface area contributed by atoms with Gasteiger partial charge in [-0.25, -0.2) is 0 Å². The van der Waals surface area contributed by atoms with Gasteiger partial charge in [-0.1, -0.05) is 51.1 Å². The Hall–Kier alpha value is -0.820. The predicted octanol–water partition coefficient (Wildman–Crippen LogP) is 3.55. The SMILES string of the molecule is CC(C)CC1(C)CN(Cc2ccccc2)C1. The quantitative estimate of drug-likeness (QED) is 0.745. The maximum atomic E-state index is 2.55. The summed E-state index contributed by atoms with van der Waals surface area (Å²) in [5.74, 6) is 0.823. The van der Waals surface area contributed by atoms with E-state index in [0.29, 0.717) is 5.41 Å². The van der Waals surface area contributed by atoms with Gasteiger partial charge in [0.25, 0.3) is 0 Å². The van der Waals surface area contributed by atoms with E-state index in [1.165, 1.54) is 25.1 Å². The van der Waals surface area contributed by atoms with E-state index in [9.17, 15) is 0 Å². The van der Waals surface area contributed by atoms with E-state index in [-0.39, 0.29) is 0 Å². The van der Waals surface area contributed by atoms with Crippen molar-refractivity contribution < 1.29 is 0 Å². The van der Waals surface area contributed by atoms with Crippen LogP contribution >= 0.6 is 0 Å². The highest BCUT2D eigenvalue weighted by Gasteiger charge is 2.38. The van der Waals surface area contributed by atoms with Gasteiger partial charge >= 0.3 is 0 Å². The molecule has 0 radical (unpaired) electrons. The number of benzene rings is 1. The van der Waals surface area contributed by atoms with Gasteiger partial charge in [0.1, 0.15) is 0 Å². The van der Waals surface area contributed by atoms with Crippen LogP contribution in [0, 0.1) is 11.3 Å². The molecule has 0 unspecified atom stereocenters. The number of likely N-dealkylation sites (tertiary alicyclic amines) is 1. The number of nitrogens with zero attached hydrogens (tertiary/aromatic N) is 1. The third kappa shape index (κ3) is 2.85. The van der Waals surface area contributed by atoms with E-state index in [4.69, 9.17) is 0 Å². The van der Waals surface area contributed by atoms with Crippen LogP contribution in [0.2, 0.25) is 0 Å². The zero-order valence-electron chi connectivity index (χ0n) is 10.7. The van der Waals surface area contributed by atoms with Crippen molar-refractivity contribution in [1.29, 1.82) is 0 Å². The van der Waals surface area contributed by atoms with Gasteiger partial charge < -0.3 is 0 Å². The van der Waals surface area contributed by atoms with Gasteiger partial charge in [-0.3, -0.25) is 4.90 Å². The fourth-order valence-electron chi connectivity index (χ4n) is 3.10. The first-order chi connectivity index (χ1) is 7.57. The molecule has 0 amide bonds. The Balaban J connectivity index is 1.81. The van der Waals surface area contributed by atoms with E-state index < -0.39 is 0 Å². The summed E-state index contributed by atoms with van der Waals surface area (Å²) < 4.78 is 0. The van der Waals surface area contributed by atoms with Crippen molar-refractivity contribution in [3.8, 4) is 0 Å². The van der Waals surface area contributed by atoms with Crippen LogP contribution in [-0.2, 0) is 6.54 Å². The molecular weight excluding hydrogens is 194 g/mol. The Labute approximate surface area is 99.5 Å². The van der Waals surface area contributed by atoms with Crippen LogP contribution in [0.1, 0.15) is 32.8 Å². The Morgan fingerprint density at radius 1 is 1.19 bits per heavy atom. The number of hydrogen-bond donors (Lipinski definition) is 0. The highest BCUT2D eigenvalue weighted by Crippen LogP contribution is 2.36. The Morgan fingerprint density at radius 3 is 2.38 bits per heavy atom. The summed E-state index contributed by atoms with van der Waals surface area (Å²) in [5, 5.41) is 0. The summed E-state index contributed by atoms with van der Waals surface area (Å²) in [6, 6.07) is 10.8. The molecule has 0 bridgehead atoms. The molecule has 0 spiro atoms. The average Bonchev–Trinajstić information content (AvgIpc) is 2.15. The number of rotatable bonds is 4. The highest BCUT2D eigenvalue weighted by atomic mass is 15.2. The molecule has 1 heteroatoms. The summed E-state index contributed by atoms with van der Waals surface area (Å²) >= 11 is 0. The maximum Gasteiger partial charge on any atom is 0.0234 e. The van der Waals surface area contributed by atoms with Crippen molar-refractivity contribution in [2.45, 2.75) is 33.7 Å². The first kappa shape index (κ1) is 11.7. The van der Waals surface area contributed by atoms with Crippen molar-refractivity contribution in [1.82, 2.24) is 4.90 Å². The molecule has 0 N–H and O–H groups in total. The first-order valence-electron chi connectivity index (χ1n) is 6.34. The topological polar surface area (TPSA) is 3.24 Å². The summed E-state index contributed by atoms with van der Waals surface area (Å²) in [5.41, 5.74) is 2.01. The smallest absolute Gasteiger partial charge is 0.0234 e. The summed E-state index contributed by atoms with van der Waals surface area (Å²) in [7, 11) is 0. The molecule has 1 aliphatic heterocycles. The predicted molar refractivity (Wildman–Crippen MR) is 69.3 cm³/mol. The van der Waals surface area contributed by atoms with E-state index in [2.05, 4.69) is 56.0 Å². The monoisotopic (exact) mass is 217 g/mol. The molecular formula is C15H23N. The van der Waals surface area contributed by atoms with Crippen LogP contribution < -0.4 is 0 Å². The molecule has 0 saturated carbocycles. The van der Waals surface area contributed by atoms with Gasteiger partial charge in [0, 0.05) is 19.6 Å². The van der Waals surface area contributed by atoms with E-state index in [1.54, 1.807) is 0 Å². The van der Waals surface area contributed by atoms with E-state index >= 15 is 0 Å². The zero-order valence-corrected chi connectivity index (χ0v) is 10.7. The molecule has 0 aliphatic carbocycles. The lowest BCUT2D eigenvalue weighted by Crippen LogP contribution is -2.54. The zero-order chi connectivity index (χ0) is 11.6. The van der Waals surface area contributed by atoms with Crippen molar-refractivity contribution >= 4 is 0 Å². The normalized spacial score (nSPS) is 19.8. The van der Waals surface area contributed by atoms with Crippen LogP contribution in [0.25, 0.3) is 0 Å². The molecule has 88 valence electrons.